The molecule has 0 amide bonds. The quantitative estimate of drug-likeness (QED) is 0.784. The third kappa shape index (κ3) is 4.21. The summed E-state index contributed by atoms with van der Waals surface area (Å²) in [4.78, 5) is 11.0. The molecule has 0 fully saturated rings. The van der Waals surface area contributed by atoms with Gasteiger partial charge < -0.3 is 9.47 Å². The molecule has 0 aliphatic carbocycles. The van der Waals surface area contributed by atoms with E-state index in [0.29, 0.717) is 0 Å². The van der Waals surface area contributed by atoms with Crippen LogP contribution in [-0.2, 0) is 19.3 Å². The molecule has 0 saturated carbocycles. The highest BCUT2D eigenvalue weighted by Crippen LogP contribution is 2.11. The molecule has 1 rings (SSSR count). The topological polar surface area (TPSA) is 69.7 Å². The van der Waals surface area contributed by atoms with Crippen molar-refractivity contribution in [1.29, 1.82) is 0 Å². The molecule has 0 spiro atoms. The van der Waals surface area contributed by atoms with Crippen LogP contribution in [0.25, 0.3) is 0 Å². The highest BCUT2D eigenvalue weighted by molar-refractivity contribution is 7.94. The first-order valence-electron chi connectivity index (χ1n) is 5.18. The Hall–Kier alpha value is -1.82. The van der Waals surface area contributed by atoms with E-state index in [2.05, 4.69) is 4.74 Å². The van der Waals surface area contributed by atoms with E-state index in [1.165, 1.54) is 32.2 Å². The fourth-order valence-corrected chi connectivity index (χ4v) is 2.26. The van der Waals surface area contributed by atoms with Crippen molar-refractivity contribution >= 4 is 16.0 Å². The Bertz CT molecular complexity index is 519. The van der Waals surface area contributed by atoms with Crippen LogP contribution in [-0.4, -0.2) is 27.8 Å². The van der Waals surface area contributed by atoms with Crippen molar-refractivity contribution in [3.05, 3.63) is 41.8 Å². The molecule has 0 bridgehead atoms. The standard InChI is InChI=1S/C12H14O5S/c1-10(17-12(13)16-2)8-9-18(14,15)11-6-4-3-5-7-11/h3-10H,1-2H3/b9-8+/t10-/m1/s1. The summed E-state index contributed by atoms with van der Waals surface area (Å²) in [6.45, 7) is 1.54. The lowest BCUT2D eigenvalue weighted by Gasteiger charge is -2.07. The lowest BCUT2D eigenvalue weighted by Crippen LogP contribution is -2.12. The third-order valence-corrected chi connectivity index (χ3v) is 3.49. The number of hydrogen-bond donors (Lipinski definition) is 0. The van der Waals surface area contributed by atoms with Crippen LogP contribution in [0.15, 0.2) is 46.7 Å². The molecule has 6 heteroatoms. The summed E-state index contributed by atoms with van der Waals surface area (Å²) in [5.74, 6) is 0. The van der Waals surface area contributed by atoms with Gasteiger partial charge in [-0.05, 0) is 25.1 Å². The van der Waals surface area contributed by atoms with Crippen LogP contribution in [0.4, 0.5) is 4.79 Å². The molecular formula is C12H14O5S. The molecule has 0 radical (unpaired) electrons. The van der Waals surface area contributed by atoms with Gasteiger partial charge in [0.05, 0.1) is 12.0 Å². The van der Waals surface area contributed by atoms with Crippen molar-refractivity contribution in [3.8, 4) is 0 Å². The predicted octanol–water partition coefficient (Wildman–Crippen LogP) is 2.15. The Balaban J connectivity index is 2.75. The van der Waals surface area contributed by atoms with E-state index in [-0.39, 0.29) is 4.90 Å². The van der Waals surface area contributed by atoms with Crippen molar-refractivity contribution in [1.82, 2.24) is 0 Å². The van der Waals surface area contributed by atoms with Crippen molar-refractivity contribution < 1.29 is 22.7 Å². The van der Waals surface area contributed by atoms with E-state index >= 15 is 0 Å². The van der Waals surface area contributed by atoms with Crippen molar-refractivity contribution in [2.45, 2.75) is 17.9 Å². The summed E-state index contributed by atoms with van der Waals surface area (Å²) in [5.41, 5.74) is 0. The summed E-state index contributed by atoms with van der Waals surface area (Å²) in [6.07, 6.45) is -0.264. The van der Waals surface area contributed by atoms with Gasteiger partial charge in [-0.1, -0.05) is 18.2 Å². The Morgan fingerprint density at radius 1 is 1.28 bits per heavy atom. The molecule has 1 aromatic rings. The number of hydrogen-bond acceptors (Lipinski definition) is 5. The lowest BCUT2D eigenvalue weighted by molar-refractivity contribution is 0.0579. The highest BCUT2D eigenvalue weighted by Gasteiger charge is 2.11. The summed E-state index contributed by atoms with van der Waals surface area (Å²) in [6, 6.07) is 7.98. The first kappa shape index (κ1) is 14.2. The van der Waals surface area contributed by atoms with Gasteiger partial charge in [-0.2, -0.15) is 0 Å². The number of methoxy groups -OCH3 is 1. The zero-order valence-electron chi connectivity index (χ0n) is 10.1. The van der Waals surface area contributed by atoms with Crippen LogP contribution in [0.1, 0.15) is 6.92 Å². The van der Waals surface area contributed by atoms with Crippen LogP contribution in [0, 0.1) is 0 Å². The Labute approximate surface area is 106 Å². The van der Waals surface area contributed by atoms with Gasteiger partial charge in [0.25, 0.3) is 0 Å². The van der Waals surface area contributed by atoms with Crippen molar-refractivity contribution in [3.63, 3.8) is 0 Å². The molecule has 1 aromatic carbocycles. The first-order valence-corrected chi connectivity index (χ1v) is 6.73. The summed E-state index contributed by atoms with van der Waals surface area (Å²) in [5, 5.41) is 1.01. The smallest absolute Gasteiger partial charge is 0.438 e. The summed E-state index contributed by atoms with van der Waals surface area (Å²) in [7, 11) is -2.33. The van der Waals surface area contributed by atoms with E-state index in [4.69, 9.17) is 4.74 Å². The molecule has 0 aliphatic heterocycles. The SMILES string of the molecule is COC(=O)O[C@H](C)/C=C/S(=O)(=O)c1ccccc1. The molecule has 0 N–H and O–H groups in total. The molecule has 1 atom stereocenters. The zero-order chi connectivity index (χ0) is 13.6. The minimum Gasteiger partial charge on any atom is -0.438 e. The monoisotopic (exact) mass is 270 g/mol. The molecule has 0 aromatic heterocycles. The van der Waals surface area contributed by atoms with Gasteiger partial charge in [-0.15, -0.1) is 0 Å². The van der Waals surface area contributed by atoms with E-state index in [9.17, 15) is 13.2 Å². The normalized spacial score (nSPS) is 13.2. The minimum absolute atomic E-state index is 0.187. The van der Waals surface area contributed by atoms with Gasteiger partial charge in [0.1, 0.15) is 6.10 Å². The molecule has 5 nitrogen and oxygen atoms in total. The molecular weight excluding hydrogens is 256 g/mol. The minimum atomic E-state index is -3.51. The van der Waals surface area contributed by atoms with Crippen LogP contribution < -0.4 is 0 Å². The van der Waals surface area contributed by atoms with Crippen LogP contribution in [0.5, 0.6) is 0 Å². The molecule has 0 unspecified atom stereocenters. The predicted molar refractivity (Wildman–Crippen MR) is 65.7 cm³/mol. The number of ether oxygens (including phenoxy) is 2. The number of rotatable bonds is 4. The second kappa shape index (κ2) is 6.20. The van der Waals surface area contributed by atoms with E-state index < -0.39 is 22.1 Å². The Morgan fingerprint density at radius 3 is 2.44 bits per heavy atom. The summed E-state index contributed by atoms with van der Waals surface area (Å²) < 4.78 is 32.7. The second-order valence-electron chi connectivity index (χ2n) is 3.46. The molecule has 0 heterocycles. The van der Waals surface area contributed by atoms with Gasteiger partial charge in [0.15, 0.2) is 9.84 Å². The van der Waals surface area contributed by atoms with Crippen molar-refractivity contribution in [2.75, 3.05) is 7.11 Å². The van der Waals surface area contributed by atoms with Crippen LogP contribution in [0.3, 0.4) is 0 Å². The molecule has 18 heavy (non-hydrogen) atoms. The van der Waals surface area contributed by atoms with Crippen LogP contribution >= 0.6 is 0 Å². The second-order valence-corrected chi connectivity index (χ2v) is 5.30. The van der Waals surface area contributed by atoms with Gasteiger partial charge in [-0.3, -0.25) is 0 Å². The van der Waals surface area contributed by atoms with Gasteiger partial charge >= 0.3 is 6.16 Å². The Morgan fingerprint density at radius 2 is 1.89 bits per heavy atom. The average molecular weight is 270 g/mol. The van der Waals surface area contributed by atoms with Crippen molar-refractivity contribution in [2.24, 2.45) is 0 Å². The fraction of sp³-hybridized carbons (Fsp3) is 0.250. The molecule has 0 saturated heterocycles. The van der Waals surface area contributed by atoms with Gasteiger partial charge in [0.2, 0.25) is 0 Å². The largest absolute Gasteiger partial charge is 0.508 e. The summed E-state index contributed by atoms with van der Waals surface area (Å²) >= 11 is 0. The number of carbonyl (C=O) groups excluding carboxylic acids is 1. The molecule has 0 aliphatic rings. The maximum Gasteiger partial charge on any atom is 0.508 e. The van der Waals surface area contributed by atoms with Gasteiger partial charge in [0, 0.05) is 5.41 Å². The number of benzene rings is 1. The average Bonchev–Trinajstić information content (AvgIpc) is 2.37. The highest BCUT2D eigenvalue weighted by atomic mass is 32.2. The lowest BCUT2D eigenvalue weighted by atomic mass is 10.4. The van der Waals surface area contributed by atoms with E-state index in [1.807, 2.05) is 0 Å². The van der Waals surface area contributed by atoms with E-state index in [1.54, 1.807) is 18.2 Å². The van der Waals surface area contributed by atoms with Crippen LogP contribution in [0.2, 0.25) is 0 Å². The number of sulfone groups is 1. The molecule has 98 valence electrons. The number of carbonyl (C=O) groups is 1. The van der Waals surface area contributed by atoms with Gasteiger partial charge in [-0.25, -0.2) is 13.2 Å². The maximum absolute atomic E-state index is 11.8. The third-order valence-electron chi connectivity index (χ3n) is 2.05. The fourth-order valence-electron chi connectivity index (χ4n) is 1.14. The van der Waals surface area contributed by atoms with E-state index in [0.717, 1.165) is 5.41 Å². The zero-order valence-corrected chi connectivity index (χ0v) is 10.9. The first-order chi connectivity index (χ1) is 8.45. The maximum atomic E-state index is 11.8. The Kier molecular flexibility index (Phi) is 4.91.